The average molecular weight is 226 g/mol. The number of aliphatic hydroxyl groups excluding tert-OH is 2. The third-order valence-electron chi connectivity index (χ3n) is 2.34. The van der Waals surface area contributed by atoms with Crippen molar-refractivity contribution in [2.75, 3.05) is 13.2 Å². The maximum Gasteiger partial charge on any atom is 0.130 e. The minimum Gasteiger partial charge on any atom is -0.392 e. The Morgan fingerprint density at radius 1 is 1.00 bits per heavy atom. The first-order valence-electron chi connectivity index (χ1n) is 5.64. The van der Waals surface area contributed by atoms with E-state index in [1.807, 2.05) is 19.1 Å². The summed E-state index contributed by atoms with van der Waals surface area (Å²) in [6, 6.07) is 0. The molecule has 2 N–H and O–H groups in total. The Bertz CT molecular complexity index is 264. The Labute approximate surface area is 97.5 Å². The van der Waals surface area contributed by atoms with Crippen molar-refractivity contribution in [3.8, 4) is 0 Å². The van der Waals surface area contributed by atoms with Gasteiger partial charge in [-0.05, 0) is 38.7 Å². The van der Waals surface area contributed by atoms with Crippen LogP contribution in [0.1, 0.15) is 39.5 Å². The monoisotopic (exact) mass is 226 g/mol. The largest absolute Gasteiger partial charge is 0.392 e. The van der Waals surface area contributed by atoms with Crippen LogP contribution in [0.25, 0.3) is 0 Å². The van der Waals surface area contributed by atoms with Crippen molar-refractivity contribution >= 4 is 5.78 Å². The van der Waals surface area contributed by atoms with Crippen LogP contribution in [-0.4, -0.2) is 29.2 Å². The molecule has 0 aliphatic heterocycles. The van der Waals surface area contributed by atoms with Crippen LogP contribution in [0.15, 0.2) is 23.3 Å². The van der Waals surface area contributed by atoms with Gasteiger partial charge in [-0.25, -0.2) is 0 Å². The fourth-order valence-corrected chi connectivity index (χ4v) is 1.29. The molecule has 0 aromatic carbocycles. The molecule has 0 unspecified atom stereocenters. The van der Waals surface area contributed by atoms with Crippen LogP contribution in [0.5, 0.6) is 0 Å². The Morgan fingerprint density at radius 2 is 1.62 bits per heavy atom. The quantitative estimate of drug-likeness (QED) is 0.622. The van der Waals surface area contributed by atoms with Crippen molar-refractivity contribution < 1.29 is 15.0 Å². The lowest BCUT2D eigenvalue weighted by atomic mass is 10.1. The minimum atomic E-state index is 0.0456. The molecule has 0 spiro atoms. The molecule has 3 heteroatoms. The highest BCUT2D eigenvalue weighted by molar-refractivity contribution is 5.75. The fourth-order valence-electron chi connectivity index (χ4n) is 1.29. The van der Waals surface area contributed by atoms with Crippen molar-refractivity contribution in [3.63, 3.8) is 0 Å². The van der Waals surface area contributed by atoms with Crippen molar-refractivity contribution in [2.24, 2.45) is 0 Å². The zero-order chi connectivity index (χ0) is 12.4. The molecule has 92 valence electrons. The van der Waals surface area contributed by atoms with Crippen molar-refractivity contribution in [3.05, 3.63) is 23.3 Å². The molecule has 16 heavy (non-hydrogen) atoms. The second-order valence-electron chi connectivity index (χ2n) is 4.01. The van der Waals surface area contributed by atoms with Gasteiger partial charge < -0.3 is 15.0 Å². The molecule has 0 rings (SSSR count). The number of carbonyl (C=O) groups is 1. The second-order valence-corrected chi connectivity index (χ2v) is 4.01. The molecular weight excluding hydrogens is 204 g/mol. The SMILES string of the molecule is CC(=O)CC/C=C(\CO)CC/C=C(\C)CO. The molecule has 0 aromatic heterocycles. The first kappa shape index (κ1) is 15.1. The van der Waals surface area contributed by atoms with E-state index in [9.17, 15) is 4.79 Å². The molecule has 0 saturated carbocycles. The number of carbonyl (C=O) groups excluding carboxylic acids is 1. The molecule has 0 aliphatic rings. The summed E-state index contributed by atoms with van der Waals surface area (Å²) in [6.07, 6.45) is 6.74. The fraction of sp³-hybridized carbons (Fsp3) is 0.615. The van der Waals surface area contributed by atoms with Crippen LogP contribution in [-0.2, 0) is 4.79 Å². The lowest BCUT2D eigenvalue weighted by molar-refractivity contribution is -0.116. The summed E-state index contributed by atoms with van der Waals surface area (Å²) < 4.78 is 0. The van der Waals surface area contributed by atoms with E-state index in [4.69, 9.17) is 10.2 Å². The molecule has 0 atom stereocenters. The molecular formula is C13H22O3. The maximum atomic E-state index is 10.7. The van der Waals surface area contributed by atoms with E-state index in [0.29, 0.717) is 12.8 Å². The smallest absolute Gasteiger partial charge is 0.130 e. The van der Waals surface area contributed by atoms with E-state index in [1.165, 1.54) is 0 Å². The van der Waals surface area contributed by atoms with E-state index >= 15 is 0 Å². The molecule has 0 radical (unpaired) electrons. The minimum absolute atomic E-state index is 0.0456. The van der Waals surface area contributed by atoms with Gasteiger partial charge in [-0.15, -0.1) is 0 Å². The predicted molar refractivity (Wildman–Crippen MR) is 65.2 cm³/mol. The zero-order valence-electron chi connectivity index (χ0n) is 10.2. The highest BCUT2D eigenvalue weighted by atomic mass is 16.3. The van der Waals surface area contributed by atoms with Crippen molar-refractivity contribution in [1.82, 2.24) is 0 Å². The highest BCUT2D eigenvalue weighted by Crippen LogP contribution is 2.09. The highest BCUT2D eigenvalue weighted by Gasteiger charge is 1.96. The normalized spacial score (nSPS) is 13.0. The number of allylic oxidation sites excluding steroid dienone is 2. The average Bonchev–Trinajstić information content (AvgIpc) is 2.26. The topological polar surface area (TPSA) is 57.5 Å². The summed E-state index contributed by atoms with van der Waals surface area (Å²) in [5.74, 6) is 0.171. The van der Waals surface area contributed by atoms with Gasteiger partial charge in [-0.1, -0.05) is 17.7 Å². The van der Waals surface area contributed by atoms with Crippen LogP contribution in [0.3, 0.4) is 0 Å². The number of aliphatic hydroxyl groups is 2. The first-order valence-corrected chi connectivity index (χ1v) is 5.64. The van der Waals surface area contributed by atoms with Gasteiger partial charge in [0.2, 0.25) is 0 Å². The summed E-state index contributed by atoms with van der Waals surface area (Å²) in [6.45, 7) is 3.57. The van der Waals surface area contributed by atoms with Gasteiger partial charge in [0.15, 0.2) is 0 Å². The Hall–Kier alpha value is -0.930. The summed E-state index contributed by atoms with van der Waals surface area (Å²) >= 11 is 0. The lowest BCUT2D eigenvalue weighted by Crippen LogP contribution is -1.93. The molecule has 0 saturated heterocycles. The first-order chi connectivity index (χ1) is 7.60. The molecule has 0 amide bonds. The van der Waals surface area contributed by atoms with Crippen molar-refractivity contribution in [1.29, 1.82) is 0 Å². The van der Waals surface area contributed by atoms with E-state index < -0.39 is 0 Å². The summed E-state index contributed by atoms with van der Waals surface area (Å²) in [4.78, 5) is 10.7. The van der Waals surface area contributed by atoms with E-state index in [2.05, 4.69) is 0 Å². The maximum absolute atomic E-state index is 10.7. The van der Waals surface area contributed by atoms with Gasteiger partial charge >= 0.3 is 0 Å². The van der Waals surface area contributed by atoms with Gasteiger partial charge in [0.05, 0.1) is 13.2 Å². The number of ketones is 1. The van der Waals surface area contributed by atoms with Gasteiger partial charge in [-0.2, -0.15) is 0 Å². The molecule has 0 heterocycles. The Morgan fingerprint density at radius 3 is 2.12 bits per heavy atom. The second kappa shape index (κ2) is 9.31. The number of rotatable bonds is 8. The summed E-state index contributed by atoms with van der Waals surface area (Å²) in [5.41, 5.74) is 1.91. The Balaban J connectivity index is 3.95. The number of Topliss-reactive ketones (excluding diaryl/α,β-unsaturated/α-hetero) is 1. The molecule has 0 fully saturated rings. The molecule has 0 bridgehead atoms. The van der Waals surface area contributed by atoms with Crippen LogP contribution in [0.4, 0.5) is 0 Å². The standard InChI is InChI=1S/C13H22O3/c1-11(9-14)5-3-7-13(10-15)8-4-6-12(2)16/h5,8,14-15H,3-4,6-7,9-10H2,1-2H3/b11-5+,13-8-. The van der Waals surface area contributed by atoms with Crippen LogP contribution in [0, 0.1) is 0 Å². The van der Waals surface area contributed by atoms with Crippen molar-refractivity contribution in [2.45, 2.75) is 39.5 Å². The third kappa shape index (κ3) is 8.38. The van der Waals surface area contributed by atoms with Crippen LogP contribution < -0.4 is 0 Å². The predicted octanol–water partition coefficient (Wildman–Crippen LogP) is 1.99. The molecule has 3 nitrogen and oxygen atoms in total. The van der Waals surface area contributed by atoms with Gasteiger partial charge in [0.25, 0.3) is 0 Å². The van der Waals surface area contributed by atoms with E-state index in [-0.39, 0.29) is 19.0 Å². The van der Waals surface area contributed by atoms with Gasteiger partial charge in [0, 0.05) is 6.42 Å². The van der Waals surface area contributed by atoms with Gasteiger partial charge in [0.1, 0.15) is 5.78 Å². The van der Waals surface area contributed by atoms with E-state index in [0.717, 1.165) is 24.0 Å². The zero-order valence-corrected chi connectivity index (χ0v) is 10.2. The summed E-state index contributed by atoms with van der Waals surface area (Å²) in [7, 11) is 0. The third-order valence-corrected chi connectivity index (χ3v) is 2.34. The molecule has 0 aliphatic carbocycles. The number of hydrogen-bond acceptors (Lipinski definition) is 3. The van der Waals surface area contributed by atoms with Crippen LogP contribution in [0.2, 0.25) is 0 Å². The lowest BCUT2D eigenvalue weighted by Gasteiger charge is -2.02. The Kier molecular flexibility index (Phi) is 8.77. The number of hydrogen-bond donors (Lipinski definition) is 2. The van der Waals surface area contributed by atoms with Crippen LogP contribution >= 0.6 is 0 Å². The molecule has 0 aromatic rings. The summed E-state index contributed by atoms with van der Waals surface area (Å²) in [5, 5.41) is 17.9. The van der Waals surface area contributed by atoms with E-state index in [1.54, 1.807) is 6.92 Å². The van der Waals surface area contributed by atoms with Gasteiger partial charge in [-0.3, -0.25) is 0 Å².